The highest BCUT2D eigenvalue weighted by Crippen LogP contribution is 2.42. The summed E-state index contributed by atoms with van der Waals surface area (Å²) in [7, 11) is -4.11. The maximum absolute atomic E-state index is 13.5. The van der Waals surface area contributed by atoms with Gasteiger partial charge < -0.3 is 0 Å². The number of aromatic nitrogens is 2. The molecule has 1 aromatic heterocycles. The highest BCUT2D eigenvalue weighted by Gasteiger charge is 2.47. The lowest BCUT2D eigenvalue weighted by Gasteiger charge is -2.35. The summed E-state index contributed by atoms with van der Waals surface area (Å²) < 4.78 is 65.6. The number of nitrogens with zero attached hydrogens (tertiary/aromatic N) is 2. The van der Waals surface area contributed by atoms with Crippen molar-refractivity contribution >= 4 is 16.2 Å². The summed E-state index contributed by atoms with van der Waals surface area (Å²) in [5.41, 5.74) is -0.0368. The summed E-state index contributed by atoms with van der Waals surface area (Å²) in [5, 5.41) is 8.59. The second-order valence-electron chi connectivity index (χ2n) is 8.66. The number of dihydropyridines is 1. The van der Waals surface area contributed by atoms with Crippen LogP contribution in [0.25, 0.3) is 5.69 Å². The van der Waals surface area contributed by atoms with Crippen molar-refractivity contribution in [2.45, 2.75) is 43.7 Å². The molecule has 190 valence electrons. The number of hydrogen-bond donors (Lipinski definition) is 2. The van der Waals surface area contributed by atoms with Crippen LogP contribution in [0.4, 0.5) is 13.2 Å². The third-order valence-corrected chi connectivity index (χ3v) is 8.31. The van der Waals surface area contributed by atoms with Crippen LogP contribution in [0.3, 0.4) is 0 Å². The molecule has 0 spiro atoms. The molecule has 1 aliphatic heterocycles. The van der Waals surface area contributed by atoms with Gasteiger partial charge in [0.2, 0.25) is 10.0 Å². The number of allylic oxidation sites excluding steroid dienone is 1. The summed E-state index contributed by atoms with van der Waals surface area (Å²) in [6.07, 6.45) is -0.157. The molecule has 2 atom stereocenters. The normalized spacial score (nSPS) is 20.1. The van der Waals surface area contributed by atoms with Crippen LogP contribution in [0, 0.1) is 6.92 Å². The van der Waals surface area contributed by atoms with Crippen molar-refractivity contribution in [3.05, 3.63) is 99.0 Å². The monoisotopic (exact) mass is 518 g/mol. The molecule has 1 aliphatic rings. The highest BCUT2D eigenvalue weighted by atomic mass is 32.2. The number of nitrogens with two attached hydrogens (primary N) is 1. The van der Waals surface area contributed by atoms with Crippen LogP contribution in [0.5, 0.6) is 0 Å². The topological polar surface area (TPSA) is 110 Å². The van der Waals surface area contributed by atoms with Crippen LogP contribution in [0.1, 0.15) is 47.3 Å². The molecule has 0 saturated carbocycles. The number of sulfonamides is 1. The van der Waals surface area contributed by atoms with Gasteiger partial charge >= 0.3 is 6.18 Å². The molecule has 7 nitrogen and oxygen atoms in total. The van der Waals surface area contributed by atoms with Gasteiger partial charge in [-0.3, -0.25) is 14.9 Å². The van der Waals surface area contributed by atoms with E-state index in [1.165, 1.54) is 41.2 Å². The van der Waals surface area contributed by atoms with Crippen LogP contribution >= 0.6 is 0 Å². The second kappa shape index (κ2) is 9.21. The first-order chi connectivity index (χ1) is 16.9. The Morgan fingerprint density at radius 1 is 1.14 bits per heavy atom. The summed E-state index contributed by atoms with van der Waals surface area (Å²) in [6.45, 7) is 3.29. The molecule has 36 heavy (non-hydrogen) atoms. The van der Waals surface area contributed by atoms with E-state index >= 15 is 0 Å². The molecule has 0 fully saturated rings. The number of alkyl halides is 3. The van der Waals surface area contributed by atoms with Crippen molar-refractivity contribution < 1.29 is 21.6 Å². The third-order valence-electron chi connectivity index (χ3n) is 6.60. The van der Waals surface area contributed by atoms with Gasteiger partial charge in [-0.2, -0.15) is 13.2 Å². The largest absolute Gasteiger partial charge is 0.416 e. The Morgan fingerprint density at radius 3 is 2.47 bits per heavy atom. The van der Waals surface area contributed by atoms with E-state index in [2.05, 4.69) is 10.1 Å². The number of aromatic amines is 1. The average Bonchev–Trinajstić information content (AvgIpc) is 3.11. The minimum Gasteiger partial charge on any atom is -0.295 e. The van der Waals surface area contributed by atoms with E-state index in [1.54, 1.807) is 38.1 Å². The van der Waals surface area contributed by atoms with Crippen molar-refractivity contribution in [1.82, 2.24) is 9.78 Å². The van der Waals surface area contributed by atoms with Gasteiger partial charge in [0.25, 0.3) is 5.56 Å². The Hall–Kier alpha value is -3.44. The van der Waals surface area contributed by atoms with E-state index in [-0.39, 0.29) is 24.0 Å². The SMILES string of the molecule is CCC1(S(N)(=O)=O)C=CC=NC1c1ccccc1-n1[nH]c(C)c(Cc2ccccc2C(F)(F)F)c1=O. The van der Waals surface area contributed by atoms with Crippen LogP contribution in [-0.2, 0) is 22.6 Å². The molecule has 11 heteroatoms. The van der Waals surface area contributed by atoms with Crippen molar-refractivity contribution in [1.29, 1.82) is 0 Å². The number of benzene rings is 2. The van der Waals surface area contributed by atoms with Crippen molar-refractivity contribution in [2.75, 3.05) is 0 Å². The minimum atomic E-state index is -4.56. The molecular formula is C25H25F3N4O3S. The number of para-hydroxylation sites is 1. The fraction of sp³-hybridized carbons (Fsp3) is 0.280. The number of aliphatic imine (C=N–C) groups is 1. The van der Waals surface area contributed by atoms with Gasteiger partial charge in [0, 0.05) is 29.5 Å². The maximum Gasteiger partial charge on any atom is 0.416 e. The summed E-state index contributed by atoms with van der Waals surface area (Å²) >= 11 is 0. The van der Waals surface area contributed by atoms with Crippen LogP contribution < -0.4 is 10.7 Å². The van der Waals surface area contributed by atoms with Crippen LogP contribution in [0.15, 0.2) is 70.5 Å². The number of rotatable bonds is 6. The Morgan fingerprint density at radius 2 is 1.81 bits per heavy atom. The van der Waals surface area contributed by atoms with E-state index in [0.717, 1.165) is 6.07 Å². The van der Waals surface area contributed by atoms with Crippen molar-refractivity contribution in [3.8, 4) is 5.69 Å². The third kappa shape index (κ3) is 4.33. The van der Waals surface area contributed by atoms with E-state index < -0.39 is 38.1 Å². The number of hydrogen-bond acceptors (Lipinski definition) is 4. The summed E-state index contributed by atoms with van der Waals surface area (Å²) in [4.78, 5) is 17.9. The van der Waals surface area contributed by atoms with Gasteiger partial charge in [-0.25, -0.2) is 18.2 Å². The number of aryl methyl sites for hydroxylation is 1. The Kier molecular flexibility index (Phi) is 6.56. The lowest BCUT2D eigenvalue weighted by Crippen LogP contribution is -2.47. The van der Waals surface area contributed by atoms with E-state index in [1.807, 2.05) is 0 Å². The van der Waals surface area contributed by atoms with Gasteiger partial charge in [-0.05, 0) is 37.1 Å². The van der Waals surface area contributed by atoms with Gasteiger partial charge in [0.15, 0.2) is 0 Å². The molecule has 0 amide bonds. The molecule has 2 heterocycles. The van der Waals surface area contributed by atoms with Gasteiger partial charge in [-0.1, -0.05) is 49.4 Å². The minimum absolute atomic E-state index is 0.0223. The Balaban J connectivity index is 1.85. The first kappa shape index (κ1) is 25.6. The second-order valence-corrected chi connectivity index (χ2v) is 10.5. The quantitative estimate of drug-likeness (QED) is 0.510. The molecule has 3 aromatic rings. The predicted molar refractivity (Wildman–Crippen MR) is 132 cm³/mol. The van der Waals surface area contributed by atoms with Gasteiger partial charge in [0.05, 0.1) is 11.3 Å². The first-order valence-corrected chi connectivity index (χ1v) is 12.7. The Labute approximate surface area is 206 Å². The summed E-state index contributed by atoms with van der Waals surface area (Å²) in [6, 6.07) is 10.8. The fourth-order valence-corrected chi connectivity index (χ4v) is 5.86. The number of halogens is 3. The predicted octanol–water partition coefficient (Wildman–Crippen LogP) is 4.20. The lowest BCUT2D eigenvalue weighted by molar-refractivity contribution is -0.138. The number of primary sulfonamides is 1. The van der Waals surface area contributed by atoms with Gasteiger partial charge in [-0.15, -0.1) is 0 Å². The van der Waals surface area contributed by atoms with Gasteiger partial charge in [0.1, 0.15) is 10.8 Å². The molecule has 4 rings (SSSR count). The Bertz CT molecular complexity index is 1520. The maximum atomic E-state index is 13.5. The molecular weight excluding hydrogens is 493 g/mol. The number of nitrogens with one attached hydrogen (secondary N) is 1. The molecule has 2 unspecified atom stereocenters. The van der Waals surface area contributed by atoms with Crippen LogP contribution in [0.2, 0.25) is 0 Å². The van der Waals surface area contributed by atoms with E-state index in [9.17, 15) is 26.4 Å². The molecule has 3 N–H and O–H groups in total. The zero-order chi connectivity index (χ0) is 26.3. The molecule has 0 bridgehead atoms. The van der Waals surface area contributed by atoms with Crippen molar-refractivity contribution in [2.24, 2.45) is 10.1 Å². The highest BCUT2D eigenvalue weighted by molar-refractivity contribution is 7.90. The standard InChI is InChI=1S/C25H25F3N4O3S/c1-3-24(36(29,34)35)13-8-14-30-22(24)18-10-5-7-12-21(18)32-23(33)19(16(2)31-32)15-17-9-4-6-11-20(17)25(26,27)28/h4-14,22,31H,3,15H2,1-2H3,(H2,29,34,35). The first-order valence-electron chi connectivity index (χ1n) is 11.2. The summed E-state index contributed by atoms with van der Waals surface area (Å²) in [5.74, 6) is 0. The van der Waals surface area contributed by atoms with Crippen LogP contribution in [-0.4, -0.2) is 29.2 Å². The molecule has 0 saturated heterocycles. The van der Waals surface area contributed by atoms with E-state index in [4.69, 9.17) is 5.14 Å². The molecule has 0 aliphatic carbocycles. The smallest absolute Gasteiger partial charge is 0.295 e. The average molecular weight is 519 g/mol. The zero-order valence-corrected chi connectivity index (χ0v) is 20.4. The van der Waals surface area contributed by atoms with Crippen molar-refractivity contribution in [3.63, 3.8) is 0 Å². The van der Waals surface area contributed by atoms with E-state index in [0.29, 0.717) is 16.9 Å². The molecule has 2 aromatic carbocycles. The number of H-pyrrole nitrogens is 1. The molecule has 0 radical (unpaired) electrons. The lowest BCUT2D eigenvalue weighted by atomic mass is 9.87. The zero-order valence-electron chi connectivity index (χ0n) is 19.6. The fourth-order valence-electron chi connectivity index (χ4n) is 4.69.